The zero-order chi connectivity index (χ0) is 20.7. The van der Waals surface area contributed by atoms with Gasteiger partial charge in [-0.05, 0) is 62.7 Å². The van der Waals surface area contributed by atoms with Crippen molar-refractivity contribution in [1.29, 1.82) is 0 Å². The van der Waals surface area contributed by atoms with Crippen molar-refractivity contribution in [3.8, 4) is 5.75 Å². The number of carbonyl (C=O) groups is 3. The van der Waals surface area contributed by atoms with E-state index in [2.05, 4.69) is 10.6 Å². The first-order chi connectivity index (χ1) is 13.1. The van der Waals surface area contributed by atoms with Gasteiger partial charge in [0.25, 0.3) is 5.91 Å². The highest BCUT2D eigenvalue weighted by Crippen LogP contribution is 2.19. The average molecular weight is 384 g/mol. The normalized spacial score (nSPS) is 10.8. The van der Waals surface area contributed by atoms with Crippen LogP contribution in [0.1, 0.15) is 36.7 Å². The molecule has 0 saturated heterocycles. The van der Waals surface area contributed by atoms with Gasteiger partial charge < -0.3 is 20.5 Å². The molecule has 2 amide bonds. The number of anilines is 1. The lowest BCUT2D eigenvalue weighted by Crippen LogP contribution is -2.30. The number of rotatable bonds is 7. The second-order valence-corrected chi connectivity index (χ2v) is 7.24. The Morgan fingerprint density at radius 1 is 0.964 bits per heavy atom. The van der Waals surface area contributed by atoms with Gasteiger partial charge in [-0.1, -0.05) is 12.1 Å². The van der Waals surface area contributed by atoms with Gasteiger partial charge in [0.2, 0.25) is 5.91 Å². The molecule has 2 aromatic rings. The van der Waals surface area contributed by atoms with Gasteiger partial charge in [-0.2, -0.15) is 0 Å². The predicted octanol–water partition coefficient (Wildman–Crippen LogP) is 2.86. The molecular weight excluding hydrogens is 360 g/mol. The van der Waals surface area contributed by atoms with Gasteiger partial charge in [-0.3, -0.25) is 14.4 Å². The molecule has 3 N–H and O–H groups in total. The lowest BCUT2D eigenvalue weighted by Gasteiger charge is -2.21. The lowest BCUT2D eigenvalue weighted by atomic mass is 10.1. The summed E-state index contributed by atoms with van der Waals surface area (Å²) in [5, 5.41) is 13.6. The van der Waals surface area contributed by atoms with Crippen LogP contribution in [0.15, 0.2) is 48.5 Å². The molecule has 28 heavy (non-hydrogen) atoms. The summed E-state index contributed by atoms with van der Waals surface area (Å²) in [6.07, 6.45) is 0.0662. The summed E-state index contributed by atoms with van der Waals surface area (Å²) in [7, 11) is 0. The van der Waals surface area contributed by atoms with Crippen LogP contribution in [0.5, 0.6) is 5.75 Å². The van der Waals surface area contributed by atoms with E-state index < -0.39 is 12.5 Å². The van der Waals surface area contributed by atoms with Crippen molar-refractivity contribution in [2.24, 2.45) is 0 Å². The van der Waals surface area contributed by atoms with Crippen LogP contribution in [0.25, 0.3) is 0 Å². The van der Waals surface area contributed by atoms with Crippen LogP contribution in [0.3, 0.4) is 0 Å². The van der Waals surface area contributed by atoms with Crippen LogP contribution < -0.4 is 15.4 Å². The summed E-state index contributed by atoms with van der Waals surface area (Å²) in [6, 6.07) is 13.7. The Kier molecular flexibility index (Phi) is 6.76. The number of carboxylic acid groups (broad SMARTS) is 1. The first kappa shape index (κ1) is 21.0. The number of aliphatic carboxylic acids is 1. The summed E-state index contributed by atoms with van der Waals surface area (Å²) < 4.78 is 5.73. The Bertz CT molecular complexity index is 837. The summed E-state index contributed by atoms with van der Waals surface area (Å²) in [5.41, 5.74) is 1.49. The van der Waals surface area contributed by atoms with E-state index in [1.54, 1.807) is 48.5 Å². The molecule has 0 aliphatic carbocycles. The van der Waals surface area contributed by atoms with E-state index in [-0.39, 0.29) is 23.8 Å². The minimum Gasteiger partial charge on any atom is -0.488 e. The molecule has 0 aliphatic rings. The SMILES string of the molecule is CC(C)(C)Oc1ccc(C(=O)Nc2ccc(CC(=O)NCC(=O)O)cc2)cc1. The van der Waals surface area contributed by atoms with Gasteiger partial charge in [0.1, 0.15) is 17.9 Å². The third kappa shape index (κ3) is 7.11. The van der Waals surface area contributed by atoms with E-state index in [0.29, 0.717) is 22.6 Å². The molecule has 7 heteroatoms. The van der Waals surface area contributed by atoms with Gasteiger partial charge in [-0.25, -0.2) is 0 Å². The van der Waals surface area contributed by atoms with Crippen LogP contribution in [0.4, 0.5) is 5.69 Å². The molecule has 0 unspecified atom stereocenters. The van der Waals surface area contributed by atoms with Crippen LogP contribution in [0, 0.1) is 0 Å². The highest BCUT2D eigenvalue weighted by Gasteiger charge is 2.13. The van der Waals surface area contributed by atoms with Crippen molar-refractivity contribution in [2.45, 2.75) is 32.8 Å². The maximum atomic E-state index is 12.4. The molecule has 0 radical (unpaired) electrons. The number of hydrogen-bond acceptors (Lipinski definition) is 4. The molecule has 148 valence electrons. The van der Waals surface area contributed by atoms with E-state index in [1.165, 1.54) is 0 Å². The van der Waals surface area contributed by atoms with Crippen molar-refractivity contribution >= 4 is 23.5 Å². The van der Waals surface area contributed by atoms with Crippen molar-refractivity contribution in [3.05, 3.63) is 59.7 Å². The molecule has 0 aliphatic heterocycles. The topological polar surface area (TPSA) is 105 Å². The lowest BCUT2D eigenvalue weighted by molar-refractivity contribution is -0.137. The van der Waals surface area contributed by atoms with Crippen LogP contribution >= 0.6 is 0 Å². The zero-order valence-electron chi connectivity index (χ0n) is 16.1. The standard InChI is InChI=1S/C21H24N2O5/c1-21(2,3)28-17-10-6-15(7-11-17)20(27)23-16-8-4-14(5-9-16)12-18(24)22-13-19(25)26/h4-11H,12-13H2,1-3H3,(H,22,24)(H,23,27)(H,25,26). The minimum atomic E-state index is -1.09. The monoisotopic (exact) mass is 384 g/mol. The Balaban J connectivity index is 1.91. The molecule has 2 aromatic carbocycles. The number of carboxylic acids is 1. The third-order valence-electron chi connectivity index (χ3n) is 3.55. The average Bonchev–Trinajstić information content (AvgIpc) is 2.61. The van der Waals surface area contributed by atoms with E-state index in [1.807, 2.05) is 20.8 Å². The second-order valence-electron chi connectivity index (χ2n) is 7.24. The highest BCUT2D eigenvalue weighted by atomic mass is 16.5. The quantitative estimate of drug-likeness (QED) is 0.681. The predicted molar refractivity (Wildman–Crippen MR) is 106 cm³/mol. The third-order valence-corrected chi connectivity index (χ3v) is 3.55. The molecule has 0 bridgehead atoms. The molecule has 0 saturated carbocycles. The van der Waals surface area contributed by atoms with E-state index >= 15 is 0 Å². The molecule has 0 spiro atoms. The Morgan fingerprint density at radius 2 is 1.57 bits per heavy atom. The fourth-order valence-electron chi connectivity index (χ4n) is 2.36. The van der Waals surface area contributed by atoms with E-state index in [9.17, 15) is 14.4 Å². The molecule has 7 nitrogen and oxygen atoms in total. The Labute approximate surface area is 163 Å². The highest BCUT2D eigenvalue weighted by molar-refractivity contribution is 6.04. The van der Waals surface area contributed by atoms with Gasteiger partial charge in [0.15, 0.2) is 0 Å². The first-order valence-electron chi connectivity index (χ1n) is 8.80. The minimum absolute atomic E-state index is 0.0662. The Morgan fingerprint density at radius 3 is 2.11 bits per heavy atom. The number of benzene rings is 2. The van der Waals surface area contributed by atoms with Crippen molar-refractivity contribution < 1.29 is 24.2 Å². The van der Waals surface area contributed by atoms with Crippen LogP contribution in [0.2, 0.25) is 0 Å². The molecular formula is C21H24N2O5. The summed E-state index contributed by atoms with van der Waals surface area (Å²) in [6.45, 7) is 5.44. The fraction of sp³-hybridized carbons (Fsp3) is 0.286. The summed E-state index contributed by atoms with van der Waals surface area (Å²) in [5.74, 6) is -1.04. The van der Waals surface area contributed by atoms with E-state index in [4.69, 9.17) is 9.84 Å². The number of hydrogen-bond donors (Lipinski definition) is 3. The number of nitrogens with one attached hydrogen (secondary N) is 2. The maximum Gasteiger partial charge on any atom is 0.322 e. The van der Waals surface area contributed by atoms with Crippen molar-refractivity contribution in [1.82, 2.24) is 5.32 Å². The van der Waals surface area contributed by atoms with Crippen molar-refractivity contribution in [3.63, 3.8) is 0 Å². The number of amides is 2. The van der Waals surface area contributed by atoms with Crippen molar-refractivity contribution in [2.75, 3.05) is 11.9 Å². The Hall–Kier alpha value is -3.35. The van der Waals surface area contributed by atoms with Gasteiger partial charge in [0, 0.05) is 11.3 Å². The number of ether oxygens (including phenoxy) is 1. The van der Waals surface area contributed by atoms with Gasteiger partial charge in [0.05, 0.1) is 6.42 Å². The second kappa shape index (κ2) is 9.03. The smallest absolute Gasteiger partial charge is 0.322 e. The molecule has 0 fully saturated rings. The largest absolute Gasteiger partial charge is 0.488 e. The number of carbonyl (C=O) groups excluding carboxylic acids is 2. The van der Waals surface area contributed by atoms with Crippen LogP contribution in [-0.2, 0) is 16.0 Å². The first-order valence-corrected chi connectivity index (χ1v) is 8.80. The molecule has 0 aromatic heterocycles. The molecule has 0 atom stereocenters. The van der Waals surface area contributed by atoms with Gasteiger partial charge >= 0.3 is 5.97 Å². The maximum absolute atomic E-state index is 12.4. The van der Waals surface area contributed by atoms with Gasteiger partial charge in [-0.15, -0.1) is 0 Å². The fourth-order valence-corrected chi connectivity index (χ4v) is 2.36. The zero-order valence-corrected chi connectivity index (χ0v) is 16.1. The molecule has 0 heterocycles. The molecule has 2 rings (SSSR count). The summed E-state index contributed by atoms with van der Waals surface area (Å²) >= 11 is 0. The van der Waals surface area contributed by atoms with E-state index in [0.717, 1.165) is 0 Å². The summed E-state index contributed by atoms with van der Waals surface area (Å²) in [4.78, 5) is 34.4. The van der Waals surface area contributed by atoms with Crippen LogP contribution in [-0.4, -0.2) is 35.0 Å².